The standard InChI is InChI=1S/C19H21F3N2S/c1-2-3-4-14-7-11-17(12-8-14)24-18(25)23-13-15-5-9-16(10-6-15)19(20,21)22/h5-12H,2-4,13H2,1H3,(H2,23,24,25). The molecule has 0 bridgehead atoms. The number of thiocarbonyl (C=S) groups is 1. The summed E-state index contributed by atoms with van der Waals surface area (Å²) in [5.41, 5.74) is 2.24. The molecule has 2 aromatic carbocycles. The summed E-state index contributed by atoms with van der Waals surface area (Å²) < 4.78 is 37.6. The van der Waals surface area contributed by atoms with Crippen molar-refractivity contribution in [1.29, 1.82) is 0 Å². The molecule has 0 spiro atoms. The van der Waals surface area contributed by atoms with Crippen molar-refractivity contribution in [1.82, 2.24) is 5.32 Å². The average Bonchev–Trinajstić information content (AvgIpc) is 2.59. The predicted molar refractivity (Wildman–Crippen MR) is 99.6 cm³/mol. The van der Waals surface area contributed by atoms with Crippen LogP contribution in [0.1, 0.15) is 36.5 Å². The first-order valence-electron chi connectivity index (χ1n) is 8.18. The minimum Gasteiger partial charge on any atom is -0.358 e. The topological polar surface area (TPSA) is 24.1 Å². The van der Waals surface area contributed by atoms with Crippen molar-refractivity contribution in [2.45, 2.75) is 38.9 Å². The van der Waals surface area contributed by atoms with Crippen molar-refractivity contribution in [2.24, 2.45) is 0 Å². The molecule has 2 aromatic rings. The number of nitrogens with one attached hydrogen (secondary N) is 2. The van der Waals surface area contributed by atoms with Gasteiger partial charge in [0.1, 0.15) is 0 Å². The lowest BCUT2D eigenvalue weighted by Gasteiger charge is -2.12. The highest BCUT2D eigenvalue weighted by Gasteiger charge is 2.29. The van der Waals surface area contributed by atoms with Gasteiger partial charge in [0.05, 0.1) is 5.56 Å². The van der Waals surface area contributed by atoms with Gasteiger partial charge in [-0.1, -0.05) is 37.6 Å². The smallest absolute Gasteiger partial charge is 0.358 e. The molecule has 0 radical (unpaired) electrons. The number of rotatable bonds is 6. The number of benzene rings is 2. The molecule has 134 valence electrons. The molecule has 0 unspecified atom stereocenters. The highest BCUT2D eigenvalue weighted by atomic mass is 32.1. The van der Waals surface area contributed by atoms with E-state index < -0.39 is 11.7 Å². The number of alkyl halides is 3. The van der Waals surface area contributed by atoms with Gasteiger partial charge in [-0.25, -0.2) is 0 Å². The van der Waals surface area contributed by atoms with Crippen LogP contribution in [0.15, 0.2) is 48.5 Å². The Morgan fingerprint density at radius 1 is 0.960 bits per heavy atom. The minimum absolute atomic E-state index is 0.360. The van der Waals surface area contributed by atoms with Crippen LogP contribution in [0.5, 0.6) is 0 Å². The third kappa shape index (κ3) is 6.38. The van der Waals surface area contributed by atoms with E-state index in [2.05, 4.69) is 29.7 Å². The summed E-state index contributed by atoms with van der Waals surface area (Å²) in [6, 6.07) is 13.1. The van der Waals surface area contributed by atoms with Gasteiger partial charge in [-0.05, 0) is 60.5 Å². The molecule has 0 heterocycles. The minimum atomic E-state index is -4.31. The van der Waals surface area contributed by atoms with E-state index in [1.165, 1.54) is 24.1 Å². The van der Waals surface area contributed by atoms with E-state index in [1.54, 1.807) is 0 Å². The van der Waals surface area contributed by atoms with E-state index in [9.17, 15) is 13.2 Å². The van der Waals surface area contributed by atoms with Crippen molar-refractivity contribution in [3.8, 4) is 0 Å². The summed E-state index contributed by atoms with van der Waals surface area (Å²) in [6.07, 6.45) is -0.919. The Labute approximate surface area is 151 Å². The summed E-state index contributed by atoms with van der Waals surface area (Å²) in [4.78, 5) is 0. The number of hydrogen-bond donors (Lipinski definition) is 2. The summed E-state index contributed by atoms with van der Waals surface area (Å²) in [7, 11) is 0. The molecule has 0 saturated carbocycles. The Balaban J connectivity index is 1.82. The van der Waals surface area contributed by atoms with Crippen molar-refractivity contribution in [3.05, 3.63) is 65.2 Å². The van der Waals surface area contributed by atoms with Gasteiger partial charge in [0, 0.05) is 12.2 Å². The summed E-state index contributed by atoms with van der Waals surface area (Å²) in [6.45, 7) is 2.52. The molecule has 2 nitrogen and oxygen atoms in total. The molecule has 0 amide bonds. The maximum absolute atomic E-state index is 12.5. The Bertz CT molecular complexity index is 679. The fraction of sp³-hybridized carbons (Fsp3) is 0.316. The lowest BCUT2D eigenvalue weighted by Crippen LogP contribution is -2.27. The number of unbranched alkanes of at least 4 members (excludes halogenated alkanes) is 1. The first-order chi connectivity index (χ1) is 11.9. The second-order valence-electron chi connectivity index (χ2n) is 5.80. The first kappa shape index (κ1) is 19.2. The van der Waals surface area contributed by atoms with E-state index in [0.29, 0.717) is 11.7 Å². The van der Waals surface area contributed by atoms with Crippen LogP contribution in [0.4, 0.5) is 18.9 Å². The van der Waals surface area contributed by atoms with Gasteiger partial charge in [0.15, 0.2) is 5.11 Å². The van der Waals surface area contributed by atoms with E-state index >= 15 is 0 Å². The Kier molecular flexibility index (Phi) is 6.82. The van der Waals surface area contributed by atoms with E-state index in [-0.39, 0.29) is 0 Å². The summed E-state index contributed by atoms with van der Waals surface area (Å²) in [5, 5.41) is 6.50. The molecule has 6 heteroatoms. The Morgan fingerprint density at radius 3 is 2.12 bits per heavy atom. The zero-order chi connectivity index (χ0) is 18.3. The molecule has 2 rings (SSSR count). The maximum Gasteiger partial charge on any atom is 0.416 e. The molecule has 0 aliphatic heterocycles. The number of anilines is 1. The van der Waals surface area contributed by atoms with E-state index in [0.717, 1.165) is 36.2 Å². The predicted octanol–water partition coefficient (Wildman–Crippen LogP) is 5.53. The maximum atomic E-state index is 12.5. The van der Waals surface area contributed by atoms with Crippen LogP contribution in [0, 0.1) is 0 Å². The Morgan fingerprint density at radius 2 is 1.56 bits per heavy atom. The van der Waals surface area contributed by atoms with Crippen molar-refractivity contribution in [3.63, 3.8) is 0 Å². The number of aryl methyl sites for hydroxylation is 1. The van der Waals surface area contributed by atoms with E-state index in [4.69, 9.17) is 12.2 Å². The Hall–Kier alpha value is -2.08. The van der Waals surface area contributed by atoms with Gasteiger partial charge in [-0.15, -0.1) is 0 Å². The van der Waals surface area contributed by atoms with Crippen LogP contribution in [0.3, 0.4) is 0 Å². The van der Waals surface area contributed by atoms with Gasteiger partial charge in [-0.3, -0.25) is 0 Å². The lowest BCUT2D eigenvalue weighted by atomic mass is 10.1. The highest BCUT2D eigenvalue weighted by molar-refractivity contribution is 7.80. The molecule has 0 aliphatic rings. The average molecular weight is 366 g/mol. The van der Waals surface area contributed by atoms with Crippen molar-refractivity contribution < 1.29 is 13.2 Å². The van der Waals surface area contributed by atoms with Crippen LogP contribution >= 0.6 is 12.2 Å². The largest absolute Gasteiger partial charge is 0.416 e. The van der Waals surface area contributed by atoms with Crippen LogP contribution in [0.25, 0.3) is 0 Å². The van der Waals surface area contributed by atoms with Gasteiger partial charge in [0.25, 0.3) is 0 Å². The number of halogens is 3. The lowest BCUT2D eigenvalue weighted by molar-refractivity contribution is -0.137. The first-order valence-corrected chi connectivity index (χ1v) is 8.59. The third-order valence-corrected chi connectivity index (χ3v) is 4.01. The fourth-order valence-corrected chi connectivity index (χ4v) is 2.49. The molecule has 0 fully saturated rings. The van der Waals surface area contributed by atoms with Gasteiger partial charge in [-0.2, -0.15) is 13.2 Å². The normalized spacial score (nSPS) is 11.2. The summed E-state index contributed by atoms with van der Waals surface area (Å²) >= 11 is 5.22. The zero-order valence-electron chi connectivity index (χ0n) is 14.0. The molecular formula is C19H21F3N2S. The van der Waals surface area contributed by atoms with Gasteiger partial charge in [0.2, 0.25) is 0 Å². The molecule has 0 atom stereocenters. The quantitative estimate of drug-likeness (QED) is 0.657. The number of hydrogen-bond acceptors (Lipinski definition) is 1. The van der Waals surface area contributed by atoms with Crippen molar-refractivity contribution >= 4 is 23.0 Å². The van der Waals surface area contributed by atoms with Gasteiger partial charge >= 0.3 is 6.18 Å². The molecule has 2 N–H and O–H groups in total. The van der Waals surface area contributed by atoms with Crippen LogP contribution < -0.4 is 10.6 Å². The second-order valence-corrected chi connectivity index (χ2v) is 6.21. The molecular weight excluding hydrogens is 345 g/mol. The zero-order valence-corrected chi connectivity index (χ0v) is 14.8. The molecule has 0 aliphatic carbocycles. The van der Waals surface area contributed by atoms with Crippen LogP contribution in [-0.4, -0.2) is 5.11 Å². The summed E-state index contributed by atoms with van der Waals surface area (Å²) in [5.74, 6) is 0. The van der Waals surface area contributed by atoms with Crippen molar-refractivity contribution in [2.75, 3.05) is 5.32 Å². The molecule has 0 aromatic heterocycles. The highest BCUT2D eigenvalue weighted by Crippen LogP contribution is 2.29. The fourth-order valence-electron chi connectivity index (χ4n) is 2.30. The van der Waals surface area contributed by atoms with E-state index in [1.807, 2.05) is 12.1 Å². The third-order valence-electron chi connectivity index (χ3n) is 3.77. The van der Waals surface area contributed by atoms with Crippen LogP contribution in [0.2, 0.25) is 0 Å². The second kappa shape index (κ2) is 8.85. The monoisotopic (exact) mass is 366 g/mol. The molecule has 0 saturated heterocycles. The van der Waals surface area contributed by atoms with Crippen LogP contribution in [-0.2, 0) is 19.1 Å². The SMILES string of the molecule is CCCCc1ccc(NC(=S)NCc2ccc(C(F)(F)F)cc2)cc1. The molecule has 25 heavy (non-hydrogen) atoms. The van der Waals surface area contributed by atoms with Gasteiger partial charge < -0.3 is 10.6 Å².